The standard InChI is InChI=1S/C8H19NO2/c1-8(2,6-9)7-11-5-4-10-3/h4-7,9H2,1-3H3. The van der Waals surface area contributed by atoms with Crippen LogP contribution in [0.2, 0.25) is 0 Å². The molecule has 0 rings (SSSR count). The molecule has 0 aliphatic carbocycles. The van der Waals surface area contributed by atoms with E-state index < -0.39 is 0 Å². The van der Waals surface area contributed by atoms with Crippen molar-refractivity contribution in [3.8, 4) is 0 Å². The van der Waals surface area contributed by atoms with Crippen LogP contribution in [0.3, 0.4) is 0 Å². The topological polar surface area (TPSA) is 44.5 Å². The lowest BCUT2D eigenvalue weighted by Crippen LogP contribution is -2.29. The van der Waals surface area contributed by atoms with Crippen molar-refractivity contribution in [3.05, 3.63) is 0 Å². The Kier molecular flexibility index (Phi) is 5.46. The van der Waals surface area contributed by atoms with Crippen LogP contribution in [0.5, 0.6) is 0 Å². The highest BCUT2D eigenvalue weighted by Crippen LogP contribution is 2.11. The maximum absolute atomic E-state index is 5.51. The monoisotopic (exact) mass is 161 g/mol. The minimum absolute atomic E-state index is 0.0910. The Labute approximate surface area is 68.9 Å². The maximum Gasteiger partial charge on any atom is 0.0700 e. The van der Waals surface area contributed by atoms with Gasteiger partial charge in [-0.2, -0.15) is 0 Å². The molecule has 0 unspecified atom stereocenters. The van der Waals surface area contributed by atoms with Gasteiger partial charge < -0.3 is 15.2 Å². The molecule has 3 nitrogen and oxygen atoms in total. The lowest BCUT2D eigenvalue weighted by molar-refractivity contribution is 0.0306. The molecule has 11 heavy (non-hydrogen) atoms. The summed E-state index contributed by atoms with van der Waals surface area (Å²) in [5, 5.41) is 0. The number of hydrogen-bond acceptors (Lipinski definition) is 3. The van der Waals surface area contributed by atoms with E-state index in [9.17, 15) is 0 Å². The maximum atomic E-state index is 5.51. The van der Waals surface area contributed by atoms with Gasteiger partial charge in [-0.05, 0) is 6.54 Å². The first-order valence-electron chi connectivity index (χ1n) is 3.89. The Morgan fingerprint density at radius 3 is 2.36 bits per heavy atom. The fourth-order valence-electron chi connectivity index (χ4n) is 0.550. The summed E-state index contributed by atoms with van der Waals surface area (Å²) in [6.45, 7) is 6.83. The zero-order chi connectivity index (χ0) is 8.74. The predicted octanol–water partition coefficient (Wildman–Crippen LogP) is 0.634. The van der Waals surface area contributed by atoms with E-state index in [0.29, 0.717) is 26.4 Å². The molecular weight excluding hydrogens is 142 g/mol. The molecule has 68 valence electrons. The van der Waals surface area contributed by atoms with E-state index in [1.807, 2.05) is 0 Å². The first kappa shape index (κ1) is 10.9. The third kappa shape index (κ3) is 6.28. The van der Waals surface area contributed by atoms with E-state index in [1.54, 1.807) is 7.11 Å². The first-order chi connectivity index (χ1) is 5.12. The average molecular weight is 161 g/mol. The van der Waals surface area contributed by atoms with Crippen LogP contribution in [0.15, 0.2) is 0 Å². The Morgan fingerprint density at radius 1 is 1.27 bits per heavy atom. The van der Waals surface area contributed by atoms with Crippen LogP contribution in [0.4, 0.5) is 0 Å². The summed E-state index contributed by atoms with van der Waals surface area (Å²) in [5.74, 6) is 0. The van der Waals surface area contributed by atoms with E-state index in [4.69, 9.17) is 15.2 Å². The second-order valence-electron chi connectivity index (χ2n) is 3.41. The molecule has 2 N–H and O–H groups in total. The van der Waals surface area contributed by atoms with E-state index in [0.717, 1.165) is 0 Å². The highest BCUT2D eigenvalue weighted by Gasteiger charge is 2.14. The average Bonchev–Trinajstić information content (AvgIpc) is 1.99. The Hall–Kier alpha value is -0.120. The lowest BCUT2D eigenvalue weighted by atomic mass is 9.95. The zero-order valence-corrected chi connectivity index (χ0v) is 7.72. The largest absolute Gasteiger partial charge is 0.382 e. The number of nitrogens with two attached hydrogens (primary N) is 1. The molecule has 0 aromatic rings. The van der Waals surface area contributed by atoms with E-state index in [2.05, 4.69) is 13.8 Å². The van der Waals surface area contributed by atoms with Crippen LogP contribution in [-0.4, -0.2) is 33.5 Å². The highest BCUT2D eigenvalue weighted by molar-refractivity contribution is 4.67. The number of methoxy groups -OCH3 is 1. The molecule has 0 fully saturated rings. The van der Waals surface area contributed by atoms with Crippen molar-refractivity contribution in [2.24, 2.45) is 11.1 Å². The van der Waals surface area contributed by atoms with Gasteiger partial charge in [-0.15, -0.1) is 0 Å². The van der Waals surface area contributed by atoms with Crippen LogP contribution in [0, 0.1) is 5.41 Å². The Balaban J connectivity index is 3.23. The lowest BCUT2D eigenvalue weighted by Gasteiger charge is -2.21. The summed E-state index contributed by atoms with van der Waals surface area (Å²) in [7, 11) is 1.66. The van der Waals surface area contributed by atoms with Gasteiger partial charge in [0.15, 0.2) is 0 Å². The molecule has 0 atom stereocenters. The van der Waals surface area contributed by atoms with Crippen LogP contribution in [0.25, 0.3) is 0 Å². The highest BCUT2D eigenvalue weighted by atomic mass is 16.5. The van der Waals surface area contributed by atoms with Crippen molar-refractivity contribution in [1.29, 1.82) is 0 Å². The predicted molar refractivity (Wildman–Crippen MR) is 45.5 cm³/mol. The summed E-state index contributed by atoms with van der Waals surface area (Å²) in [4.78, 5) is 0. The Bertz CT molecular complexity index is 94.1. The minimum atomic E-state index is 0.0910. The summed E-state index contributed by atoms with van der Waals surface area (Å²) >= 11 is 0. The molecule has 0 heterocycles. The van der Waals surface area contributed by atoms with Gasteiger partial charge in [0, 0.05) is 12.5 Å². The second-order valence-corrected chi connectivity index (χ2v) is 3.41. The van der Waals surface area contributed by atoms with E-state index >= 15 is 0 Å². The van der Waals surface area contributed by atoms with Crippen molar-refractivity contribution in [3.63, 3.8) is 0 Å². The van der Waals surface area contributed by atoms with Gasteiger partial charge in [0.1, 0.15) is 0 Å². The van der Waals surface area contributed by atoms with Crippen molar-refractivity contribution in [1.82, 2.24) is 0 Å². The van der Waals surface area contributed by atoms with Crippen LogP contribution >= 0.6 is 0 Å². The van der Waals surface area contributed by atoms with Crippen molar-refractivity contribution >= 4 is 0 Å². The van der Waals surface area contributed by atoms with Gasteiger partial charge >= 0.3 is 0 Å². The molecule has 0 saturated carbocycles. The fraction of sp³-hybridized carbons (Fsp3) is 1.00. The van der Waals surface area contributed by atoms with Crippen molar-refractivity contribution in [2.75, 3.05) is 33.5 Å². The third-order valence-corrected chi connectivity index (χ3v) is 1.48. The molecule has 0 aliphatic rings. The van der Waals surface area contributed by atoms with E-state index in [-0.39, 0.29) is 5.41 Å². The van der Waals surface area contributed by atoms with Gasteiger partial charge in [-0.25, -0.2) is 0 Å². The molecule has 0 aromatic heterocycles. The number of ether oxygens (including phenoxy) is 2. The molecule has 0 amide bonds. The van der Waals surface area contributed by atoms with Crippen LogP contribution in [0.1, 0.15) is 13.8 Å². The molecule has 3 heteroatoms. The molecule has 0 saturated heterocycles. The minimum Gasteiger partial charge on any atom is -0.382 e. The molecule has 0 aliphatic heterocycles. The van der Waals surface area contributed by atoms with Gasteiger partial charge in [0.2, 0.25) is 0 Å². The summed E-state index contributed by atoms with van der Waals surface area (Å²) in [5.41, 5.74) is 5.60. The molecule has 0 spiro atoms. The van der Waals surface area contributed by atoms with Crippen LogP contribution in [-0.2, 0) is 9.47 Å². The fourth-order valence-corrected chi connectivity index (χ4v) is 0.550. The number of rotatable bonds is 6. The van der Waals surface area contributed by atoms with Gasteiger partial charge in [-0.1, -0.05) is 13.8 Å². The smallest absolute Gasteiger partial charge is 0.0700 e. The van der Waals surface area contributed by atoms with Crippen LogP contribution < -0.4 is 5.73 Å². The molecule has 0 radical (unpaired) electrons. The zero-order valence-electron chi connectivity index (χ0n) is 7.72. The van der Waals surface area contributed by atoms with E-state index in [1.165, 1.54) is 0 Å². The quantitative estimate of drug-likeness (QED) is 0.581. The summed E-state index contributed by atoms with van der Waals surface area (Å²) in [6, 6.07) is 0. The SMILES string of the molecule is COCCOCC(C)(C)CN. The summed E-state index contributed by atoms with van der Waals surface area (Å²) in [6.07, 6.45) is 0. The van der Waals surface area contributed by atoms with Gasteiger partial charge in [0.05, 0.1) is 19.8 Å². The van der Waals surface area contributed by atoms with Gasteiger partial charge in [0.25, 0.3) is 0 Å². The molecular formula is C8H19NO2. The van der Waals surface area contributed by atoms with Crippen molar-refractivity contribution < 1.29 is 9.47 Å². The summed E-state index contributed by atoms with van der Waals surface area (Å²) < 4.78 is 10.2. The van der Waals surface area contributed by atoms with Gasteiger partial charge in [-0.3, -0.25) is 0 Å². The van der Waals surface area contributed by atoms with Crippen molar-refractivity contribution in [2.45, 2.75) is 13.8 Å². The third-order valence-electron chi connectivity index (χ3n) is 1.48. The molecule has 0 bridgehead atoms. The second kappa shape index (κ2) is 5.52. The normalized spacial score (nSPS) is 12.0. The first-order valence-corrected chi connectivity index (χ1v) is 3.89. The molecule has 0 aromatic carbocycles. The number of hydrogen-bond donors (Lipinski definition) is 1. The Morgan fingerprint density at radius 2 is 1.91 bits per heavy atom.